The van der Waals surface area contributed by atoms with Crippen molar-refractivity contribution in [3.8, 4) is 11.8 Å². The zero-order valence-corrected chi connectivity index (χ0v) is 5.80. The predicted molar refractivity (Wildman–Crippen MR) is 35.5 cm³/mol. The first kappa shape index (κ1) is 9.97. The summed E-state index contributed by atoms with van der Waals surface area (Å²) in [5, 5.41) is 0. The van der Waals surface area contributed by atoms with Gasteiger partial charge in [-0.15, -0.1) is 24.2 Å². The summed E-state index contributed by atoms with van der Waals surface area (Å²) in [4.78, 5) is 0. The van der Waals surface area contributed by atoms with Crippen LogP contribution < -0.4 is 0 Å². The molecule has 42 valence electrons. The van der Waals surface area contributed by atoms with Gasteiger partial charge in [0, 0.05) is 5.92 Å². The van der Waals surface area contributed by atoms with Gasteiger partial charge in [-0.05, 0) is 6.92 Å². The van der Waals surface area contributed by atoms with E-state index in [1.54, 1.807) is 0 Å². The van der Waals surface area contributed by atoms with E-state index in [0.717, 1.165) is 0 Å². The molecule has 0 aliphatic carbocycles. The molecule has 0 unspecified atom stereocenters. The van der Waals surface area contributed by atoms with Crippen molar-refractivity contribution in [3.05, 3.63) is 0 Å². The van der Waals surface area contributed by atoms with Crippen LogP contribution in [0.4, 0.5) is 0 Å². The van der Waals surface area contributed by atoms with Gasteiger partial charge in [0.2, 0.25) is 0 Å². The first-order chi connectivity index (χ1) is 2.77. The number of rotatable bonds is 0. The molecule has 0 aromatic heterocycles. The highest BCUT2D eigenvalue weighted by atomic mass is 35.5. The fourth-order valence-electron chi connectivity index (χ4n) is 0.289. The average molecular weight is 119 g/mol. The lowest BCUT2D eigenvalue weighted by molar-refractivity contribution is 0.866. The normalized spacial score (nSPS) is 6.29. The van der Waals surface area contributed by atoms with Crippen molar-refractivity contribution >= 4 is 12.4 Å². The Hall–Kier alpha value is -0.150. The molecule has 0 aliphatic rings. The summed E-state index contributed by atoms with van der Waals surface area (Å²) in [5.41, 5.74) is 0. The minimum Gasteiger partial charge on any atom is -0.147 e. The summed E-state index contributed by atoms with van der Waals surface area (Å²) in [6.07, 6.45) is 0. The van der Waals surface area contributed by atoms with E-state index < -0.39 is 0 Å². The second-order valence-electron chi connectivity index (χ2n) is 1.55. The monoisotopic (exact) mass is 118 g/mol. The van der Waals surface area contributed by atoms with E-state index in [-0.39, 0.29) is 12.4 Å². The maximum Gasteiger partial charge on any atom is 0.0146 e. The molecule has 0 rings (SSSR count). The standard InChI is InChI=1S/C6H10.ClH/c1-4-5-6(2)3;/h6H,1-3H3;1H. The second-order valence-corrected chi connectivity index (χ2v) is 1.55. The van der Waals surface area contributed by atoms with Gasteiger partial charge < -0.3 is 0 Å². The molecule has 0 nitrogen and oxygen atoms in total. The van der Waals surface area contributed by atoms with Crippen molar-refractivity contribution in [2.75, 3.05) is 0 Å². The third kappa shape index (κ3) is 10.7. The van der Waals surface area contributed by atoms with E-state index in [4.69, 9.17) is 0 Å². The Labute approximate surface area is 51.7 Å². The van der Waals surface area contributed by atoms with Gasteiger partial charge in [-0.3, -0.25) is 0 Å². The van der Waals surface area contributed by atoms with Gasteiger partial charge in [-0.25, -0.2) is 0 Å². The van der Waals surface area contributed by atoms with Crippen LogP contribution in [0.1, 0.15) is 20.8 Å². The van der Waals surface area contributed by atoms with Gasteiger partial charge in [0.15, 0.2) is 0 Å². The molecule has 0 radical (unpaired) electrons. The van der Waals surface area contributed by atoms with Crippen molar-refractivity contribution in [1.82, 2.24) is 0 Å². The van der Waals surface area contributed by atoms with Crippen LogP contribution in [0.25, 0.3) is 0 Å². The minimum atomic E-state index is 0. The van der Waals surface area contributed by atoms with Gasteiger partial charge in [-0.1, -0.05) is 13.8 Å². The molecule has 7 heavy (non-hydrogen) atoms. The van der Waals surface area contributed by atoms with Crippen LogP contribution in [-0.4, -0.2) is 0 Å². The summed E-state index contributed by atoms with van der Waals surface area (Å²) in [6, 6.07) is 0. The van der Waals surface area contributed by atoms with E-state index in [1.807, 2.05) is 6.92 Å². The third-order valence-corrected chi connectivity index (χ3v) is 0.433. The molecular formula is C6H11Cl. The van der Waals surface area contributed by atoms with E-state index >= 15 is 0 Å². The quantitative estimate of drug-likeness (QED) is 0.428. The topological polar surface area (TPSA) is 0 Å². The summed E-state index contributed by atoms with van der Waals surface area (Å²) in [7, 11) is 0. The first-order valence-electron chi connectivity index (χ1n) is 2.19. The zero-order chi connectivity index (χ0) is 4.99. The van der Waals surface area contributed by atoms with Crippen molar-refractivity contribution in [1.29, 1.82) is 0 Å². The molecule has 0 fully saturated rings. The molecule has 0 heterocycles. The Morgan fingerprint density at radius 2 is 1.71 bits per heavy atom. The highest BCUT2D eigenvalue weighted by molar-refractivity contribution is 5.85. The van der Waals surface area contributed by atoms with Gasteiger partial charge in [0.1, 0.15) is 0 Å². The Balaban J connectivity index is 0. The van der Waals surface area contributed by atoms with Crippen LogP contribution in [0.2, 0.25) is 0 Å². The molecule has 0 aliphatic heterocycles. The van der Waals surface area contributed by atoms with Gasteiger partial charge >= 0.3 is 0 Å². The van der Waals surface area contributed by atoms with Crippen LogP contribution in [0.15, 0.2) is 0 Å². The molecule has 1 heteroatoms. The smallest absolute Gasteiger partial charge is 0.0146 e. The average Bonchev–Trinajstić information content (AvgIpc) is 1.35. The largest absolute Gasteiger partial charge is 0.147 e. The molecular weight excluding hydrogens is 108 g/mol. The maximum absolute atomic E-state index is 2.96. The number of halogens is 1. The van der Waals surface area contributed by atoms with E-state index in [9.17, 15) is 0 Å². The lowest BCUT2D eigenvalue weighted by Gasteiger charge is -1.82. The van der Waals surface area contributed by atoms with E-state index in [2.05, 4.69) is 25.7 Å². The van der Waals surface area contributed by atoms with E-state index in [0.29, 0.717) is 5.92 Å². The molecule has 0 bridgehead atoms. The lowest BCUT2D eigenvalue weighted by Crippen LogP contribution is -1.74. The summed E-state index contributed by atoms with van der Waals surface area (Å²) in [5.74, 6) is 6.31. The van der Waals surface area contributed by atoms with Crippen LogP contribution >= 0.6 is 12.4 Å². The lowest BCUT2D eigenvalue weighted by atomic mass is 10.2. The highest BCUT2D eigenvalue weighted by Crippen LogP contribution is 1.83. The summed E-state index contributed by atoms with van der Waals surface area (Å²) < 4.78 is 0. The highest BCUT2D eigenvalue weighted by Gasteiger charge is 1.75. The molecule has 0 aromatic carbocycles. The third-order valence-electron chi connectivity index (χ3n) is 0.433. The summed E-state index contributed by atoms with van der Waals surface area (Å²) in [6.45, 7) is 6.02. The van der Waals surface area contributed by atoms with Crippen molar-refractivity contribution < 1.29 is 0 Å². The molecule has 0 amide bonds. The number of hydrogen-bond donors (Lipinski definition) is 0. The van der Waals surface area contributed by atoms with Crippen LogP contribution in [0.5, 0.6) is 0 Å². The molecule has 0 spiro atoms. The van der Waals surface area contributed by atoms with Gasteiger partial charge in [-0.2, -0.15) is 0 Å². The Morgan fingerprint density at radius 1 is 1.29 bits per heavy atom. The molecule has 0 N–H and O–H groups in total. The summed E-state index contributed by atoms with van der Waals surface area (Å²) >= 11 is 0. The molecule has 0 saturated heterocycles. The first-order valence-corrected chi connectivity index (χ1v) is 2.19. The van der Waals surface area contributed by atoms with E-state index in [1.165, 1.54) is 0 Å². The van der Waals surface area contributed by atoms with Crippen molar-refractivity contribution in [2.24, 2.45) is 5.92 Å². The van der Waals surface area contributed by atoms with Gasteiger partial charge in [0.05, 0.1) is 0 Å². The Kier molecular flexibility index (Phi) is 8.33. The van der Waals surface area contributed by atoms with Crippen molar-refractivity contribution in [2.45, 2.75) is 20.8 Å². The second kappa shape index (κ2) is 5.85. The SMILES string of the molecule is CC#CC(C)C.Cl. The maximum atomic E-state index is 2.96. The van der Waals surface area contributed by atoms with Crippen LogP contribution in [-0.2, 0) is 0 Å². The Morgan fingerprint density at radius 3 is 1.71 bits per heavy atom. The molecule has 0 aromatic rings. The van der Waals surface area contributed by atoms with Crippen molar-refractivity contribution in [3.63, 3.8) is 0 Å². The number of hydrogen-bond acceptors (Lipinski definition) is 0. The fourth-order valence-corrected chi connectivity index (χ4v) is 0.289. The Bertz CT molecular complexity index is 73.9. The molecule has 0 atom stereocenters. The van der Waals surface area contributed by atoms with Crippen LogP contribution in [0.3, 0.4) is 0 Å². The molecule has 0 saturated carbocycles. The fraction of sp³-hybridized carbons (Fsp3) is 0.667. The minimum absolute atomic E-state index is 0. The van der Waals surface area contributed by atoms with Crippen LogP contribution in [0, 0.1) is 17.8 Å². The van der Waals surface area contributed by atoms with Gasteiger partial charge in [0.25, 0.3) is 0 Å². The predicted octanol–water partition coefficient (Wildman–Crippen LogP) is 2.09. The zero-order valence-electron chi connectivity index (χ0n) is 4.99.